The first-order valence-corrected chi connectivity index (χ1v) is 7.66. The van der Waals surface area contributed by atoms with Gasteiger partial charge in [-0.3, -0.25) is 0 Å². The van der Waals surface area contributed by atoms with E-state index < -0.39 is 0 Å². The van der Waals surface area contributed by atoms with E-state index in [4.69, 9.17) is 21.9 Å². The van der Waals surface area contributed by atoms with Crippen molar-refractivity contribution in [3.8, 4) is 11.6 Å². The molecule has 1 aromatic carbocycles. The molecule has 0 aliphatic carbocycles. The maximum absolute atomic E-state index is 6.13. The molecular formula is C14H13ClN4OS. The van der Waals surface area contributed by atoms with Crippen LogP contribution in [0.25, 0.3) is 11.6 Å². The van der Waals surface area contributed by atoms with Crippen LogP contribution in [0.5, 0.6) is 0 Å². The van der Waals surface area contributed by atoms with Crippen molar-refractivity contribution in [3.05, 3.63) is 51.1 Å². The van der Waals surface area contributed by atoms with Crippen LogP contribution in [0.3, 0.4) is 0 Å². The lowest BCUT2D eigenvalue weighted by Gasteiger charge is -1.98. The van der Waals surface area contributed by atoms with Gasteiger partial charge in [0.05, 0.1) is 6.04 Å². The van der Waals surface area contributed by atoms with E-state index in [2.05, 4.69) is 15.1 Å². The van der Waals surface area contributed by atoms with Crippen LogP contribution in [0, 0.1) is 0 Å². The Morgan fingerprint density at radius 3 is 2.86 bits per heavy atom. The highest BCUT2D eigenvalue weighted by Crippen LogP contribution is 2.24. The predicted molar refractivity (Wildman–Crippen MR) is 82.3 cm³/mol. The number of hydrogen-bond donors (Lipinski definition) is 1. The molecule has 0 aliphatic heterocycles. The molecule has 0 bridgehead atoms. The zero-order valence-corrected chi connectivity index (χ0v) is 12.9. The molecule has 0 radical (unpaired) electrons. The average molecular weight is 321 g/mol. The molecule has 108 valence electrons. The number of thiazole rings is 1. The maximum atomic E-state index is 6.13. The second-order valence-electron chi connectivity index (χ2n) is 4.64. The van der Waals surface area contributed by atoms with Gasteiger partial charge in [0.1, 0.15) is 10.7 Å². The molecule has 21 heavy (non-hydrogen) atoms. The van der Waals surface area contributed by atoms with E-state index in [0.717, 1.165) is 10.6 Å². The summed E-state index contributed by atoms with van der Waals surface area (Å²) in [4.78, 5) is 8.75. The molecule has 0 fully saturated rings. The van der Waals surface area contributed by atoms with Gasteiger partial charge in [-0.05, 0) is 18.6 Å². The largest absolute Gasteiger partial charge is 0.332 e. The SMILES string of the molecule is CC(N)c1nc(-c2nc(Cc3ccccc3Cl)no2)cs1. The summed E-state index contributed by atoms with van der Waals surface area (Å²) in [5.74, 6) is 0.980. The van der Waals surface area contributed by atoms with E-state index in [1.807, 2.05) is 36.6 Å². The highest BCUT2D eigenvalue weighted by molar-refractivity contribution is 7.10. The van der Waals surface area contributed by atoms with Crippen LogP contribution in [0.4, 0.5) is 0 Å². The average Bonchev–Trinajstić information content (AvgIpc) is 3.10. The summed E-state index contributed by atoms with van der Waals surface area (Å²) >= 11 is 7.61. The van der Waals surface area contributed by atoms with Crippen LogP contribution in [-0.2, 0) is 6.42 Å². The lowest BCUT2D eigenvalue weighted by Crippen LogP contribution is -2.03. The highest BCUT2D eigenvalue weighted by atomic mass is 35.5. The number of nitrogens with zero attached hydrogens (tertiary/aromatic N) is 3. The molecule has 0 saturated carbocycles. The molecule has 3 aromatic rings. The number of hydrogen-bond acceptors (Lipinski definition) is 6. The molecule has 2 N–H and O–H groups in total. The third-order valence-corrected chi connectivity index (χ3v) is 4.32. The van der Waals surface area contributed by atoms with Gasteiger partial charge in [0.15, 0.2) is 5.82 Å². The summed E-state index contributed by atoms with van der Waals surface area (Å²) in [5, 5.41) is 7.37. The summed E-state index contributed by atoms with van der Waals surface area (Å²) in [6, 6.07) is 7.49. The standard InChI is InChI=1S/C14H13ClN4OS/c1-8(16)14-17-11(7-21-14)13-18-12(19-20-13)6-9-4-2-3-5-10(9)15/h2-5,7-8H,6,16H2,1H3. The van der Waals surface area contributed by atoms with Gasteiger partial charge in [0, 0.05) is 16.8 Å². The molecule has 1 unspecified atom stereocenters. The molecule has 0 spiro atoms. The van der Waals surface area contributed by atoms with E-state index in [9.17, 15) is 0 Å². The van der Waals surface area contributed by atoms with Crippen LogP contribution in [0.15, 0.2) is 34.2 Å². The number of aromatic nitrogens is 3. The Hall–Kier alpha value is -1.76. The zero-order chi connectivity index (χ0) is 14.8. The van der Waals surface area contributed by atoms with Gasteiger partial charge in [-0.2, -0.15) is 4.98 Å². The van der Waals surface area contributed by atoms with E-state index >= 15 is 0 Å². The zero-order valence-electron chi connectivity index (χ0n) is 11.3. The highest BCUT2D eigenvalue weighted by Gasteiger charge is 2.14. The second kappa shape index (κ2) is 5.93. The molecule has 0 amide bonds. The fourth-order valence-corrected chi connectivity index (χ4v) is 2.79. The van der Waals surface area contributed by atoms with Crippen LogP contribution in [-0.4, -0.2) is 15.1 Å². The monoisotopic (exact) mass is 320 g/mol. The van der Waals surface area contributed by atoms with Crippen LogP contribution < -0.4 is 5.73 Å². The first-order chi connectivity index (χ1) is 10.1. The molecule has 7 heteroatoms. The van der Waals surface area contributed by atoms with Crippen molar-refractivity contribution in [2.75, 3.05) is 0 Å². The molecule has 2 heterocycles. The quantitative estimate of drug-likeness (QED) is 0.796. The molecule has 1 atom stereocenters. The summed E-state index contributed by atoms with van der Waals surface area (Å²) in [5.41, 5.74) is 7.41. The molecular weight excluding hydrogens is 308 g/mol. The van der Waals surface area contributed by atoms with Gasteiger partial charge in [-0.1, -0.05) is 35.0 Å². The second-order valence-corrected chi connectivity index (χ2v) is 5.94. The fourth-order valence-electron chi connectivity index (χ4n) is 1.84. The van der Waals surface area contributed by atoms with Crippen molar-refractivity contribution in [2.24, 2.45) is 5.73 Å². The van der Waals surface area contributed by atoms with E-state index in [1.54, 1.807) is 0 Å². The van der Waals surface area contributed by atoms with Crippen molar-refractivity contribution in [3.63, 3.8) is 0 Å². The minimum Gasteiger partial charge on any atom is -0.332 e. The Bertz CT molecular complexity index is 753. The third kappa shape index (κ3) is 3.12. The van der Waals surface area contributed by atoms with Gasteiger partial charge in [0.25, 0.3) is 5.89 Å². The topological polar surface area (TPSA) is 77.8 Å². The van der Waals surface area contributed by atoms with Crippen molar-refractivity contribution in [2.45, 2.75) is 19.4 Å². The predicted octanol–water partition coefficient (Wildman–Crippen LogP) is 3.46. The van der Waals surface area contributed by atoms with Gasteiger partial charge in [0.2, 0.25) is 0 Å². The van der Waals surface area contributed by atoms with Crippen molar-refractivity contribution in [1.82, 2.24) is 15.1 Å². The third-order valence-electron chi connectivity index (χ3n) is 2.91. The molecule has 5 nitrogen and oxygen atoms in total. The number of nitrogens with two attached hydrogens (primary N) is 1. The maximum Gasteiger partial charge on any atom is 0.277 e. The smallest absolute Gasteiger partial charge is 0.277 e. The van der Waals surface area contributed by atoms with Gasteiger partial charge in [-0.15, -0.1) is 11.3 Å². The van der Waals surface area contributed by atoms with Crippen LogP contribution in [0.1, 0.15) is 29.4 Å². The van der Waals surface area contributed by atoms with Gasteiger partial charge in [-0.25, -0.2) is 4.98 Å². The summed E-state index contributed by atoms with van der Waals surface area (Å²) in [7, 11) is 0. The van der Waals surface area contributed by atoms with E-state index in [0.29, 0.717) is 28.9 Å². The Balaban J connectivity index is 1.81. The number of benzene rings is 1. The minimum atomic E-state index is -0.103. The molecule has 2 aromatic heterocycles. The first-order valence-electron chi connectivity index (χ1n) is 6.41. The fraction of sp³-hybridized carbons (Fsp3) is 0.214. The minimum absolute atomic E-state index is 0.103. The van der Waals surface area contributed by atoms with E-state index in [-0.39, 0.29) is 6.04 Å². The Labute approximate surface area is 130 Å². The normalized spacial score (nSPS) is 12.5. The number of rotatable bonds is 4. The van der Waals surface area contributed by atoms with Crippen LogP contribution >= 0.6 is 22.9 Å². The summed E-state index contributed by atoms with van der Waals surface area (Å²) in [6.07, 6.45) is 0.521. The first kappa shape index (κ1) is 14.2. The summed E-state index contributed by atoms with van der Waals surface area (Å²) in [6.45, 7) is 1.89. The molecule has 0 aliphatic rings. The van der Waals surface area contributed by atoms with Crippen LogP contribution in [0.2, 0.25) is 5.02 Å². The summed E-state index contributed by atoms with van der Waals surface area (Å²) < 4.78 is 5.26. The van der Waals surface area contributed by atoms with Gasteiger partial charge >= 0.3 is 0 Å². The van der Waals surface area contributed by atoms with Crippen molar-refractivity contribution < 1.29 is 4.52 Å². The lowest BCUT2D eigenvalue weighted by atomic mass is 10.1. The Morgan fingerprint density at radius 2 is 2.14 bits per heavy atom. The number of halogens is 1. The van der Waals surface area contributed by atoms with Crippen molar-refractivity contribution in [1.29, 1.82) is 0 Å². The Kier molecular flexibility index (Phi) is 4.01. The molecule has 3 rings (SSSR count). The Morgan fingerprint density at radius 1 is 1.33 bits per heavy atom. The van der Waals surface area contributed by atoms with Gasteiger partial charge < -0.3 is 10.3 Å². The van der Waals surface area contributed by atoms with E-state index in [1.165, 1.54) is 11.3 Å². The van der Waals surface area contributed by atoms with Crippen molar-refractivity contribution >= 4 is 22.9 Å². The molecule has 0 saturated heterocycles. The lowest BCUT2D eigenvalue weighted by molar-refractivity contribution is 0.423.